The fourth-order valence-corrected chi connectivity index (χ4v) is 3.13. The summed E-state index contributed by atoms with van der Waals surface area (Å²) < 4.78 is 26.1. The topological polar surface area (TPSA) is 104 Å². The molecule has 3 rings (SSSR count). The number of carbonyl (C=O) groups is 1. The van der Waals surface area contributed by atoms with Gasteiger partial charge in [0.1, 0.15) is 0 Å². The molecule has 0 saturated heterocycles. The summed E-state index contributed by atoms with van der Waals surface area (Å²) in [6, 6.07) is 7.41. The fraction of sp³-hybridized carbons (Fsp3) is 0.250. The van der Waals surface area contributed by atoms with E-state index in [2.05, 4.69) is 26.2 Å². The van der Waals surface area contributed by atoms with Crippen LogP contribution in [0.5, 0.6) is 0 Å². The standard InChI is InChI=1S/C16H16N4O3S/c1-2-9-17-24(22,23)13-7-5-12(6-8-13)16(21)18-15-10-14(19-20-15)11-3-4-11/h1,5-8,10-11,17H,3-4,9H2,(H2,18,19,20,21). The van der Waals surface area contributed by atoms with Crippen molar-refractivity contribution in [2.75, 3.05) is 11.9 Å². The highest BCUT2D eigenvalue weighted by molar-refractivity contribution is 7.89. The van der Waals surface area contributed by atoms with E-state index in [0.29, 0.717) is 17.3 Å². The lowest BCUT2D eigenvalue weighted by molar-refractivity contribution is 0.102. The smallest absolute Gasteiger partial charge is 0.256 e. The number of amides is 1. The van der Waals surface area contributed by atoms with Gasteiger partial charge in [0.05, 0.1) is 11.4 Å². The van der Waals surface area contributed by atoms with Crippen LogP contribution < -0.4 is 10.0 Å². The summed E-state index contributed by atoms with van der Waals surface area (Å²) in [6.45, 7) is -0.0902. The Hall–Kier alpha value is -2.63. The highest BCUT2D eigenvalue weighted by Crippen LogP contribution is 2.39. The molecule has 124 valence electrons. The maximum absolute atomic E-state index is 12.2. The van der Waals surface area contributed by atoms with E-state index < -0.39 is 10.0 Å². The number of hydrogen-bond donors (Lipinski definition) is 3. The van der Waals surface area contributed by atoms with Crippen LogP contribution in [0.25, 0.3) is 0 Å². The molecule has 8 heteroatoms. The number of carbonyl (C=O) groups excluding carboxylic acids is 1. The number of sulfonamides is 1. The molecule has 1 fully saturated rings. The number of nitrogens with zero attached hydrogens (tertiary/aromatic N) is 1. The molecular weight excluding hydrogens is 328 g/mol. The maximum atomic E-state index is 12.2. The zero-order valence-corrected chi connectivity index (χ0v) is 13.6. The van der Waals surface area contributed by atoms with Crippen molar-refractivity contribution in [3.8, 4) is 12.3 Å². The highest BCUT2D eigenvalue weighted by atomic mass is 32.2. The summed E-state index contributed by atoms with van der Waals surface area (Å²) in [4.78, 5) is 12.2. The van der Waals surface area contributed by atoms with Gasteiger partial charge in [-0.15, -0.1) is 6.42 Å². The van der Waals surface area contributed by atoms with Gasteiger partial charge >= 0.3 is 0 Å². The number of nitrogens with one attached hydrogen (secondary N) is 3. The van der Waals surface area contributed by atoms with Crippen LogP contribution in [-0.4, -0.2) is 31.1 Å². The Labute approximate surface area is 139 Å². The van der Waals surface area contributed by atoms with E-state index in [1.165, 1.54) is 24.3 Å². The van der Waals surface area contributed by atoms with E-state index in [1.807, 2.05) is 6.07 Å². The van der Waals surface area contributed by atoms with Crippen molar-refractivity contribution in [2.24, 2.45) is 0 Å². The van der Waals surface area contributed by atoms with Crippen molar-refractivity contribution < 1.29 is 13.2 Å². The first-order valence-electron chi connectivity index (χ1n) is 7.39. The van der Waals surface area contributed by atoms with Crippen molar-refractivity contribution >= 4 is 21.7 Å². The molecule has 1 aromatic heterocycles. The van der Waals surface area contributed by atoms with E-state index in [4.69, 9.17) is 6.42 Å². The molecule has 1 aliphatic rings. The van der Waals surface area contributed by atoms with Crippen molar-refractivity contribution in [2.45, 2.75) is 23.7 Å². The lowest BCUT2D eigenvalue weighted by Crippen LogP contribution is -2.24. The number of terminal acetylenes is 1. The minimum atomic E-state index is -3.66. The summed E-state index contributed by atoms with van der Waals surface area (Å²) in [7, 11) is -3.66. The molecule has 1 saturated carbocycles. The molecule has 24 heavy (non-hydrogen) atoms. The second-order valence-electron chi connectivity index (χ2n) is 5.49. The van der Waals surface area contributed by atoms with Gasteiger partial charge < -0.3 is 5.32 Å². The number of rotatable bonds is 6. The van der Waals surface area contributed by atoms with Crippen LogP contribution in [0.15, 0.2) is 35.2 Å². The summed E-state index contributed by atoms with van der Waals surface area (Å²) >= 11 is 0. The first kappa shape index (κ1) is 16.2. The fourth-order valence-electron chi connectivity index (χ4n) is 2.20. The van der Waals surface area contributed by atoms with Gasteiger partial charge in [-0.1, -0.05) is 5.92 Å². The second kappa shape index (κ2) is 6.47. The molecular formula is C16H16N4O3S. The van der Waals surface area contributed by atoms with Crippen LogP contribution in [0, 0.1) is 12.3 Å². The minimum Gasteiger partial charge on any atom is -0.305 e. The first-order valence-corrected chi connectivity index (χ1v) is 8.88. The van der Waals surface area contributed by atoms with Gasteiger partial charge in [0, 0.05) is 23.2 Å². The van der Waals surface area contributed by atoms with E-state index >= 15 is 0 Å². The third kappa shape index (κ3) is 3.64. The van der Waals surface area contributed by atoms with Crippen LogP contribution in [0.2, 0.25) is 0 Å². The van der Waals surface area contributed by atoms with Gasteiger partial charge in [0.15, 0.2) is 5.82 Å². The largest absolute Gasteiger partial charge is 0.305 e. The van der Waals surface area contributed by atoms with Crippen LogP contribution in [0.3, 0.4) is 0 Å². The summed E-state index contributed by atoms with van der Waals surface area (Å²) in [5.74, 6) is 2.81. The number of hydrogen-bond acceptors (Lipinski definition) is 4. The van der Waals surface area contributed by atoms with Gasteiger partial charge in [-0.25, -0.2) is 8.42 Å². The number of aromatic amines is 1. The first-order chi connectivity index (χ1) is 11.5. The molecule has 3 N–H and O–H groups in total. The molecule has 0 unspecified atom stereocenters. The number of H-pyrrole nitrogens is 1. The zero-order chi connectivity index (χ0) is 17.2. The minimum absolute atomic E-state index is 0.0464. The Morgan fingerprint density at radius 2 is 2.04 bits per heavy atom. The van der Waals surface area contributed by atoms with Crippen LogP contribution in [-0.2, 0) is 10.0 Å². The average Bonchev–Trinajstić information content (AvgIpc) is 3.33. The quantitative estimate of drug-likeness (QED) is 0.690. The van der Waals surface area contributed by atoms with Crippen LogP contribution in [0.1, 0.15) is 34.8 Å². The van der Waals surface area contributed by atoms with Crippen molar-refractivity contribution in [3.05, 3.63) is 41.6 Å². The van der Waals surface area contributed by atoms with Crippen molar-refractivity contribution in [3.63, 3.8) is 0 Å². The summed E-state index contributed by atoms with van der Waals surface area (Å²) in [6.07, 6.45) is 7.31. The molecule has 1 heterocycles. The highest BCUT2D eigenvalue weighted by Gasteiger charge is 2.25. The third-order valence-electron chi connectivity index (χ3n) is 3.65. The number of aromatic nitrogens is 2. The zero-order valence-electron chi connectivity index (χ0n) is 12.7. The van der Waals surface area contributed by atoms with E-state index in [1.54, 1.807) is 0 Å². The van der Waals surface area contributed by atoms with Crippen LogP contribution in [0.4, 0.5) is 5.82 Å². The summed E-state index contributed by atoms with van der Waals surface area (Å²) in [5, 5.41) is 9.64. The Kier molecular flexibility index (Phi) is 4.38. The van der Waals surface area contributed by atoms with Gasteiger partial charge in [-0.2, -0.15) is 9.82 Å². The molecule has 0 bridgehead atoms. The number of anilines is 1. The molecule has 1 aromatic carbocycles. The average molecular weight is 344 g/mol. The van der Waals surface area contributed by atoms with Crippen molar-refractivity contribution in [1.82, 2.24) is 14.9 Å². The normalized spacial score (nSPS) is 14.1. The van der Waals surface area contributed by atoms with Gasteiger partial charge in [-0.3, -0.25) is 9.89 Å². The lowest BCUT2D eigenvalue weighted by Gasteiger charge is -2.05. The Morgan fingerprint density at radius 1 is 1.33 bits per heavy atom. The Bertz CT molecular complexity index is 890. The van der Waals surface area contributed by atoms with E-state index in [-0.39, 0.29) is 17.3 Å². The second-order valence-corrected chi connectivity index (χ2v) is 7.26. The van der Waals surface area contributed by atoms with Gasteiger partial charge in [0.2, 0.25) is 10.0 Å². The molecule has 0 radical (unpaired) electrons. The molecule has 2 aromatic rings. The predicted molar refractivity (Wildman–Crippen MR) is 89.0 cm³/mol. The molecule has 0 spiro atoms. The predicted octanol–water partition coefficient (Wildman–Crippen LogP) is 1.45. The number of benzene rings is 1. The monoisotopic (exact) mass is 344 g/mol. The molecule has 1 aliphatic carbocycles. The third-order valence-corrected chi connectivity index (χ3v) is 5.06. The van der Waals surface area contributed by atoms with Crippen LogP contribution >= 0.6 is 0 Å². The molecule has 7 nitrogen and oxygen atoms in total. The maximum Gasteiger partial charge on any atom is 0.256 e. The summed E-state index contributed by atoms with van der Waals surface area (Å²) in [5.41, 5.74) is 1.35. The molecule has 0 aliphatic heterocycles. The molecule has 0 atom stereocenters. The Morgan fingerprint density at radius 3 is 2.67 bits per heavy atom. The molecule has 1 amide bonds. The Balaban J connectivity index is 1.68. The van der Waals surface area contributed by atoms with E-state index in [9.17, 15) is 13.2 Å². The van der Waals surface area contributed by atoms with Gasteiger partial charge in [0.25, 0.3) is 5.91 Å². The SMILES string of the molecule is C#CCNS(=O)(=O)c1ccc(C(=O)Nc2cc(C3CC3)[nH]n2)cc1. The lowest BCUT2D eigenvalue weighted by atomic mass is 10.2. The van der Waals surface area contributed by atoms with Crippen molar-refractivity contribution in [1.29, 1.82) is 0 Å². The van der Waals surface area contributed by atoms with Gasteiger partial charge in [-0.05, 0) is 37.1 Å². The van der Waals surface area contributed by atoms with E-state index in [0.717, 1.165) is 18.5 Å².